The number of hydrogen-bond donors (Lipinski definition) is 3. The van der Waals surface area contributed by atoms with E-state index in [4.69, 9.17) is 19.5 Å². The third-order valence-electron chi connectivity index (χ3n) is 3.24. The van der Waals surface area contributed by atoms with E-state index in [0.29, 0.717) is 18.3 Å². The summed E-state index contributed by atoms with van der Waals surface area (Å²) in [6, 6.07) is 0. The third-order valence-corrected chi connectivity index (χ3v) is 3.63. The topological polar surface area (TPSA) is 87.0 Å². The Bertz CT molecular complexity index is 187. The van der Waals surface area contributed by atoms with E-state index in [2.05, 4.69) is 30.2 Å². The average Bonchev–Trinajstić information content (AvgIpc) is 2.37. The molecule has 0 aromatic rings. The first-order chi connectivity index (χ1) is 8.51. The standard InChI is InChI=1S/C11H25O3P.CH2O2/c1-4-8(3)10(5-2)11(13)6-9(7-12)14-15;2-1-3/h8-13H,4-7,15H2,1-3H3;1H,(H,2,3). The molecule has 5 nitrogen and oxygen atoms in total. The smallest absolute Gasteiger partial charge is 0.290 e. The van der Waals surface area contributed by atoms with Crippen molar-refractivity contribution < 1.29 is 24.6 Å². The zero-order valence-corrected chi connectivity index (χ0v) is 12.6. The second-order valence-corrected chi connectivity index (χ2v) is 4.58. The Hall–Kier alpha value is -0.220. The highest BCUT2D eigenvalue weighted by molar-refractivity contribution is 7.09. The summed E-state index contributed by atoms with van der Waals surface area (Å²) in [6.45, 7) is 6.09. The van der Waals surface area contributed by atoms with Gasteiger partial charge in [0, 0.05) is 15.9 Å². The van der Waals surface area contributed by atoms with E-state index in [-0.39, 0.29) is 25.3 Å². The Labute approximate surface area is 112 Å². The average molecular weight is 282 g/mol. The van der Waals surface area contributed by atoms with Gasteiger partial charge < -0.3 is 19.8 Å². The van der Waals surface area contributed by atoms with Gasteiger partial charge in [-0.15, -0.1) is 0 Å². The second-order valence-electron chi connectivity index (χ2n) is 4.31. The molecule has 0 aliphatic heterocycles. The lowest BCUT2D eigenvalue weighted by Gasteiger charge is -2.28. The molecule has 5 atom stereocenters. The van der Waals surface area contributed by atoms with Gasteiger partial charge in [-0.25, -0.2) is 0 Å². The van der Waals surface area contributed by atoms with Crippen LogP contribution in [0.15, 0.2) is 0 Å². The first-order valence-electron chi connectivity index (χ1n) is 6.24. The van der Waals surface area contributed by atoms with Crippen molar-refractivity contribution in [2.24, 2.45) is 11.8 Å². The van der Waals surface area contributed by atoms with Crippen molar-refractivity contribution >= 4 is 15.9 Å². The summed E-state index contributed by atoms with van der Waals surface area (Å²) in [5.41, 5.74) is 0. The number of aliphatic hydroxyl groups is 2. The lowest BCUT2D eigenvalue weighted by atomic mass is 9.83. The van der Waals surface area contributed by atoms with Gasteiger partial charge in [0.2, 0.25) is 0 Å². The van der Waals surface area contributed by atoms with Gasteiger partial charge >= 0.3 is 0 Å². The zero-order chi connectivity index (χ0) is 14.6. The van der Waals surface area contributed by atoms with Crippen LogP contribution in [0.25, 0.3) is 0 Å². The van der Waals surface area contributed by atoms with Gasteiger partial charge in [-0.1, -0.05) is 33.6 Å². The van der Waals surface area contributed by atoms with E-state index < -0.39 is 0 Å². The van der Waals surface area contributed by atoms with Crippen molar-refractivity contribution in [3.8, 4) is 0 Å². The molecule has 0 saturated carbocycles. The van der Waals surface area contributed by atoms with Crippen LogP contribution in [0.4, 0.5) is 0 Å². The molecule has 6 heteroatoms. The van der Waals surface area contributed by atoms with E-state index in [1.807, 2.05) is 0 Å². The summed E-state index contributed by atoms with van der Waals surface area (Å²) >= 11 is 0. The molecule has 0 aromatic heterocycles. The fourth-order valence-corrected chi connectivity index (χ4v) is 2.17. The van der Waals surface area contributed by atoms with Gasteiger partial charge in [0.05, 0.1) is 18.8 Å². The predicted octanol–water partition coefficient (Wildman–Crippen LogP) is 1.68. The van der Waals surface area contributed by atoms with Gasteiger partial charge in [-0.05, 0) is 11.8 Å². The minimum Gasteiger partial charge on any atom is -0.483 e. The molecule has 0 aromatic carbocycles. The summed E-state index contributed by atoms with van der Waals surface area (Å²) in [5.74, 6) is 0.804. The molecule has 0 aliphatic rings. The summed E-state index contributed by atoms with van der Waals surface area (Å²) < 4.78 is 4.98. The molecule has 3 N–H and O–H groups in total. The van der Waals surface area contributed by atoms with Crippen LogP contribution >= 0.6 is 9.47 Å². The molecule has 0 spiro atoms. The lowest BCUT2D eigenvalue weighted by molar-refractivity contribution is -0.122. The molecule has 0 saturated heterocycles. The maximum Gasteiger partial charge on any atom is 0.290 e. The number of carbonyl (C=O) groups is 1. The predicted molar refractivity (Wildman–Crippen MR) is 74.2 cm³/mol. The molecule has 5 unspecified atom stereocenters. The van der Waals surface area contributed by atoms with Gasteiger partial charge in [0.15, 0.2) is 0 Å². The van der Waals surface area contributed by atoms with Crippen molar-refractivity contribution in [3.05, 3.63) is 0 Å². The summed E-state index contributed by atoms with van der Waals surface area (Å²) in [6.07, 6.45) is 1.88. The van der Waals surface area contributed by atoms with Crippen molar-refractivity contribution in [2.75, 3.05) is 6.61 Å². The maximum absolute atomic E-state index is 10.0. The maximum atomic E-state index is 10.0. The van der Waals surface area contributed by atoms with E-state index >= 15 is 0 Å². The summed E-state index contributed by atoms with van der Waals surface area (Å²) in [4.78, 5) is 8.36. The molecular formula is C12H27O5P. The summed E-state index contributed by atoms with van der Waals surface area (Å²) in [5, 5.41) is 25.9. The van der Waals surface area contributed by atoms with Gasteiger partial charge in [0.25, 0.3) is 6.47 Å². The summed E-state index contributed by atoms with van der Waals surface area (Å²) in [7, 11) is 2.14. The van der Waals surface area contributed by atoms with Gasteiger partial charge in [-0.3, -0.25) is 4.79 Å². The molecule has 110 valence electrons. The number of rotatable bonds is 8. The molecule has 0 heterocycles. The first-order valence-corrected chi connectivity index (χ1v) is 6.71. The first kappa shape index (κ1) is 20.1. The lowest BCUT2D eigenvalue weighted by Crippen LogP contribution is -2.31. The highest BCUT2D eigenvalue weighted by Gasteiger charge is 2.25. The van der Waals surface area contributed by atoms with Gasteiger partial charge in [-0.2, -0.15) is 0 Å². The highest BCUT2D eigenvalue weighted by Crippen LogP contribution is 2.25. The molecular weight excluding hydrogens is 255 g/mol. The quantitative estimate of drug-likeness (QED) is 0.466. The molecule has 0 aliphatic carbocycles. The van der Waals surface area contributed by atoms with Crippen molar-refractivity contribution in [2.45, 2.75) is 52.2 Å². The zero-order valence-electron chi connectivity index (χ0n) is 11.5. The number of hydrogen-bond acceptors (Lipinski definition) is 4. The van der Waals surface area contributed by atoms with E-state index in [1.54, 1.807) is 0 Å². The van der Waals surface area contributed by atoms with E-state index in [9.17, 15) is 5.11 Å². The Balaban J connectivity index is 0. The van der Waals surface area contributed by atoms with Crippen LogP contribution in [0, 0.1) is 11.8 Å². The Morgan fingerprint density at radius 3 is 2.11 bits per heavy atom. The normalized spacial score (nSPS) is 17.0. The molecule has 0 rings (SSSR count). The van der Waals surface area contributed by atoms with E-state index in [0.717, 1.165) is 12.8 Å². The Morgan fingerprint density at radius 1 is 1.33 bits per heavy atom. The minimum absolute atomic E-state index is 0.0441. The van der Waals surface area contributed by atoms with Crippen LogP contribution in [-0.4, -0.2) is 40.6 Å². The van der Waals surface area contributed by atoms with Crippen LogP contribution in [0.2, 0.25) is 0 Å². The molecule has 0 fully saturated rings. The number of aliphatic hydroxyl groups excluding tert-OH is 2. The van der Waals surface area contributed by atoms with Crippen LogP contribution in [0.1, 0.15) is 40.0 Å². The Kier molecular flexibility index (Phi) is 14.8. The van der Waals surface area contributed by atoms with Crippen LogP contribution in [0.5, 0.6) is 0 Å². The SMILES string of the molecule is CCC(C)C(CC)C(O)CC(CO)OP.O=CO. The highest BCUT2D eigenvalue weighted by atomic mass is 31.0. The van der Waals surface area contributed by atoms with Crippen LogP contribution < -0.4 is 0 Å². The van der Waals surface area contributed by atoms with Crippen LogP contribution in [0.3, 0.4) is 0 Å². The number of carboxylic acid groups (broad SMARTS) is 1. The Morgan fingerprint density at radius 2 is 1.83 bits per heavy atom. The molecule has 0 amide bonds. The van der Waals surface area contributed by atoms with Crippen molar-refractivity contribution in [3.63, 3.8) is 0 Å². The van der Waals surface area contributed by atoms with Crippen molar-refractivity contribution in [1.29, 1.82) is 0 Å². The van der Waals surface area contributed by atoms with Crippen molar-refractivity contribution in [1.82, 2.24) is 0 Å². The fraction of sp³-hybridized carbons (Fsp3) is 0.917. The minimum atomic E-state index is -0.386. The molecule has 0 radical (unpaired) electrons. The monoisotopic (exact) mass is 282 g/mol. The third kappa shape index (κ3) is 8.81. The van der Waals surface area contributed by atoms with Crippen LogP contribution in [-0.2, 0) is 9.32 Å². The second kappa shape index (κ2) is 13.2. The largest absolute Gasteiger partial charge is 0.483 e. The molecule has 18 heavy (non-hydrogen) atoms. The molecule has 0 bridgehead atoms. The van der Waals surface area contributed by atoms with Gasteiger partial charge in [0.1, 0.15) is 0 Å². The van der Waals surface area contributed by atoms with E-state index in [1.165, 1.54) is 0 Å². The fourth-order valence-electron chi connectivity index (χ4n) is 1.97.